The number of hydrogen-bond acceptors (Lipinski definition) is 1. The van der Waals surface area contributed by atoms with Crippen LogP contribution in [0, 0.1) is 12.0 Å². The Kier molecular flexibility index (Phi) is 2.06. The summed E-state index contributed by atoms with van der Waals surface area (Å²) in [5.74, 6) is 2.83. The molecule has 13 heavy (non-hydrogen) atoms. The summed E-state index contributed by atoms with van der Waals surface area (Å²) in [7, 11) is 0. The molecule has 1 nitrogen and oxygen atoms in total. The van der Waals surface area contributed by atoms with Crippen molar-refractivity contribution in [3.05, 3.63) is 41.5 Å². The summed E-state index contributed by atoms with van der Waals surface area (Å²) in [6, 6.07) is 11.5. The average Bonchev–Trinajstić information content (AvgIpc) is 2.58. The summed E-state index contributed by atoms with van der Waals surface area (Å²) in [6.45, 7) is 1.83. The number of benzene rings is 1. The lowest BCUT2D eigenvalue weighted by molar-refractivity contribution is 0.790. The number of fused-ring (bicyclic) bond motifs is 1. The Labute approximate surface area is 78.5 Å². The minimum atomic E-state index is 0.267. The van der Waals surface area contributed by atoms with E-state index in [0.29, 0.717) is 0 Å². The third kappa shape index (κ3) is 1.43. The minimum absolute atomic E-state index is 0.267. The highest BCUT2D eigenvalue weighted by atomic mass is 14.9. The van der Waals surface area contributed by atoms with E-state index in [0.717, 1.165) is 0 Å². The zero-order chi connectivity index (χ0) is 9.10. The first-order valence-corrected chi connectivity index (χ1v) is 4.36. The van der Waals surface area contributed by atoms with E-state index < -0.39 is 0 Å². The van der Waals surface area contributed by atoms with Gasteiger partial charge in [-0.25, -0.2) is 0 Å². The standard InChI is InChI=1S/C12H11N/c1-2-9-13-12-8-7-10-5-3-4-6-11(10)12/h3-8,12-13H,1H3. The van der Waals surface area contributed by atoms with Gasteiger partial charge in [-0.05, 0) is 18.1 Å². The molecule has 1 N–H and O–H groups in total. The van der Waals surface area contributed by atoms with Crippen molar-refractivity contribution in [1.29, 1.82) is 0 Å². The lowest BCUT2D eigenvalue weighted by Gasteiger charge is -2.08. The maximum atomic E-state index is 3.14. The molecule has 0 heterocycles. The van der Waals surface area contributed by atoms with E-state index in [1.54, 1.807) is 0 Å². The van der Waals surface area contributed by atoms with Gasteiger partial charge in [-0.2, -0.15) is 0 Å². The molecule has 0 bridgehead atoms. The summed E-state index contributed by atoms with van der Waals surface area (Å²) in [6.07, 6.45) is 4.26. The number of rotatable bonds is 1. The van der Waals surface area contributed by atoms with Crippen LogP contribution in [0.3, 0.4) is 0 Å². The molecule has 1 aromatic carbocycles. The van der Waals surface area contributed by atoms with Gasteiger partial charge in [0.2, 0.25) is 0 Å². The van der Waals surface area contributed by atoms with Crippen LogP contribution in [0.5, 0.6) is 0 Å². The predicted octanol–water partition coefficient (Wildman–Crippen LogP) is 2.32. The van der Waals surface area contributed by atoms with Crippen molar-refractivity contribution in [3.63, 3.8) is 0 Å². The Morgan fingerprint density at radius 1 is 1.31 bits per heavy atom. The van der Waals surface area contributed by atoms with Gasteiger partial charge in [0.05, 0.1) is 6.04 Å². The topological polar surface area (TPSA) is 12.0 Å². The molecule has 0 aromatic heterocycles. The van der Waals surface area contributed by atoms with E-state index >= 15 is 0 Å². The first-order chi connectivity index (χ1) is 6.42. The van der Waals surface area contributed by atoms with Crippen molar-refractivity contribution in [3.8, 4) is 12.0 Å². The summed E-state index contributed by atoms with van der Waals surface area (Å²) in [4.78, 5) is 0. The molecule has 0 fully saturated rings. The van der Waals surface area contributed by atoms with Crippen LogP contribution in [0.4, 0.5) is 0 Å². The second kappa shape index (κ2) is 3.37. The molecule has 0 saturated carbocycles. The van der Waals surface area contributed by atoms with Crippen molar-refractivity contribution >= 4 is 6.08 Å². The van der Waals surface area contributed by atoms with E-state index in [4.69, 9.17) is 0 Å². The van der Waals surface area contributed by atoms with Gasteiger partial charge in [0.25, 0.3) is 0 Å². The van der Waals surface area contributed by atoms with E-state index in [-0.39, 0.29) is 6.04 Å². The van der Waals surface area contributed by atoms with Crippen molar-refractivity contribution in [1.82, 2.24) is 5.32 Å². The highest BCUT2D eigenvalue weighted by molar-refractivity contribution is 5.62. The van der Waals surface area contributed by atoms with Crippen molar-refractivity contribution in [2.45, 2.75) is 13.0 Å². The third-order valence-electron chi connectivity index (χ3n) is 2.15. The van der Waals surface area contributed by atoms with Gasteiger partial charge in [-0.1, -0.05) is 42.3 Å². The van der Waals surface area contributed by atoms with Crippen molar-refractivity contribution in [2.75, 3.05) is 0 Å². The molecule has 1 aliphatic carbocycles. The van der Waals surface area contributed by atoms with Gasteiger partial charge >= 0.3 is 0 Å². The highest BCUT2D eigenvalue weighted by Gasteiger charge is 2.14. The van der Waals surface area contributed by atoms with Gasteiger partial charge in [-0.3, -0.25) is 0 Å². The summed E-state index contributed by atoms with van der Waals surface area (Å²) in [5.41, 5.74) is 2.60. The number of nitrogens with one attached hydrogen (secondary N) is 1. The lowest BCUT2D eigenvalue weighted by atomic mass is 10.1. The van der Waals surface area contributed by atoms with Gasteiger partial charge in [0.15, 0.2) is 0 Å². The van der Waals surface area contributed by atoms with Crippen molar-refractivity contribution < 1.29 is 0 Å². The van der Waals surface area contributed by atoms with Crippen LogP contribution in [0.2, 0.25) is 0 Å². The monoisotopic (exact) mass is 169 g/mol. The largest absolute Gasteiger partial charge is 0.335 e. The Balaban J connectivity index is 2.26. The fourth-order valence-electron chi connectivity index (χ4n) is 1.53. The normalized spacial score (nSPS) is 17.5. The second-order valence-corrected chi connectivity index (χ2v) is 2.99. The molecule has 0 radical (unpaired) electrons. The summed E-state index contributed by atoms with van der Waals surface area (Å²) in [5, 5.41) is 3.14. The van der Waals surface area contributed by atoms with Crippen LogP contribution in [0.1, 0.15) is 24.1 Å². The molecular weight excluding hydrogens is 158 g/mol. The van der Waals surface area contributed by atoms with Crippen LogP contribution in [-0.2, 0) is 0 Å². The Morgan fingerprint density at radius 2 is 2.15 bits per heavy atom. The lowest BCUT2D eigenvalue weighted by Crippen LogP contribution is -2.11. The Bertz CT molecular complexity index is 393. The minimum Gasteiger partial charge on any atom is -0.335 e. The zero-order valence-electron chi connectivity index (χ0n) is 7.54. The van der Waals surface area contributed by atoms with Gasteiger partial charge in [0, 0.05) is 6.04 Å². The zero-order valence-corrected chi connectivity index (χ0v) is 7.54. The van der Waals surface area contributed by atoms with E-state index in [1.807, 2.05) is 6.92 Å². The van der Waals surface area contributed by atoms with Crippen LogP contribution < -0.4 is 5.32 Å². The Morgan fingerprint density at radius 3 is 3.00 bits per heavy atom. The second-order valence-electron chi connectivity index (χ2n) is 2.99. The van der Waals surface area contributed by atoms with Crippen LogP contribution in [0.15, 0.2) is 30.3 Å². The Hall–Kier alpha value is -1.68. The molecule has 1 aromatic rings. The van der Waals surface area contributed by atoms with Crippen LogP contribution in [-0.4, -0.2) is 0 Å². The van der Waals surface area contributed by atoms with E-state index in [1.165, 1.54) is 11.1 Å². The SMILES string of the molecule is CC#CNC1C=Cc2ccccc21. The molecule has 1 heteroatoms. The molecule has 0 saturated heterocycles. The van der Waals surface area contributed by atoms with Crippen LogP contribution in [0.25, 0.3) is 6.08 Å². The fraction of sp³-hybridized carbons (Fsp3) is 0.167. The molecule has 64 valence electrons. The average molecular weight is 169 g/mol. The van der Waals surface area contributed by atoms with Gasteiger partial charge in [-0.15, -0.1) is 0 Å². The molecule has 1 aliphatic rings. The predicted molar refractivity (Wildman–Crippen MR) is 54.8 cm³/mol. The first kappa shape index (κ1) is 7.94. The quantitative estimate of drug-likeness (QED) is 0.502. The summed E-state index contributed by atoms with van der Waals surface area (Å²) < 4.78 is 0. The molecule has 0 aliphatic heterocycles. The smallest absolute Gasteiger partial charge is 0.0782 e. The highest BCUT2D eigenvalue weighted by Crippen LogP contribution is 2.26. The summed E-state index contributed by atoms with van der Waals surface area (Å²) >= 11 is 0. The fourth-order valence-corrected chi connectivity index (χ4v) is 1.53. The molecule has 1 atom stereocenters. The maximum absolute atomic E-state index is 3.14. The van der Waals surface area contributed by atoms with Gasteiger partial charge in [0.1, 0.15) is 0 Å². The molecule has 2 rings (SSSR count). The number of hydrogen-bond donors (Lipinski definition) is 1. The maximum Gasteiger partial charge on any atom is 0.0782 e. The van der Waals surface area contributed by atoms with E-state index in [9.17, 15) is 0 Å². The molecular formula is C12H11N. The van der Waals surface area contributed by atoms with E-state index in [2.05, 4.69) is 53.7 Å². The first-order valence-electron chi connectivity index (χ1n) is 4.36. The molecule has 0 amide bonds. The van der Waals surface area contributed by atoms with Gasteiger partial charge < -0.3 is 5.32 Å². The van der Waals surface area contributed by atoms with Crippen molar-refractivity contribution in [2.24, 2.45) is 0 Å². The van der Waals surface area contributed by atoms with Crippen LogP contribution >= 0.6 is 0 Å². The molecule has 0 spiro atoms. The molecule has 1 unspecified atom stereocenters. The third-order valence-corrected chi connectivity index (χ3v) is 2.15.